The Bertz CT molecular complexity index is 1560. The van der Waals surface area contributed by atoms with Crippen molar-refractivity contribution in [1.82, 2.24) is 0 Å². The lowest BCUT2D eigenvalue weighted by molar-refractivity contribution is -0.120. The summed E-state index contributed by atoms with van der Waals surface area (Å²) in [4.78, 5) is 41.5. The number of carbonyl (C=O) groups excluding carboxylic acids is 3. The lowest BCUT2D eigenvalue weighted by Crippen LogP contribution is -2.32. The number of benzene rings is 4. The average molecular weight is 540 g/mol. The molecule has 194 valence electrons. The third kappa shape index (κ3) is 5.68. The largest absolute Gasteiger partial charge is 0.497 e. The Labute approximate surface area is 228 Å². The first-order valence-electron chi connectivity index (χ1n) is 11.9. The molecule has 0 saturated carbocycles. The number of nitrogens with one attached hydrogen (secondary N) is 2. The number of ether oxygens (including phenoxy) is 1. The van der Waals surface area contributed by atoms with Crippen molar-refractivity contribution < 1.29 is 23.5 Å². The molecule has 7 nitrogen and oxygen atoms in total. The second kappa shape index (κ2) is 11.2. The van der Waals surface area contributed by atoms with Gasteiger partial charge in [-0.25, -0.2) is 9.29 Å². The third-order valence-corrected chi connectivity index (χ3v) is 6.94. The fraction of sp³-hybridized carbons (Fsp3) is 0.0333. The van der Waals surface area contributed by atoms with Crippen molar-refractivity contribution >= 4 is 46.5 Å². The number of thioether (sulfide) groups is 1. The Morgan fingerprint density at radius 1 is 0.795 bits per heavy atom. The van der Waals surface area contributed by atoms with Crippen molar-refractivity contribution in [2.75, 3.05) is 22.6 Å². The average Bonchev–Trinajstić information content (AvgIpc) is 3.19. The van der Waals surface area contributed by atoms with Gasteiger partial charge in [0.2, 0.25) is 0 Å². The van der Waals surface area contributed by atoms with Crippen molar-refractivity contribution in [2.24, 2.45) is 0 Å². The smallest absolute Gasteiger partial charge is 0.283 e. The van der Waals surface area contributed by atoms with Crippen molar-refractivity contribution in [2.45, 2.75) is 4.90 Å². The summed E-state index contributed by atoms with van der Waals surface area (Å²) in [6, 6.07) is 27.9. The molecule has 0 unspecified atom stereocenters. The van der Waals surface area contributed by atoms with Gasteiger partial charge in [-0.3, -0.25) is 14.4 Å². The Morgan fingerprint density at radius 2 is 1.44 bits per heavy atom. The number of methoxy groups -OCH3 is 1. The maximum atomic E-state index is 13.5. The molecule has 0 atom stereocenters. The summed E-state index contributed by atoms with van der Waals surface area (Å²) in [6.45, 7) is 0. The number of anilines is 3. The number of amides is 3. The van der Waals surface area contributed by atoms with E-state index in [2.05, 4.69) is 10.6 Å². The zero-order chi connectivity index (χ0) is 27.4. The van der Waals surface area contributed by atoms with E-state index in [9.17, 15) is 18.8 Å². The molecule has 2 N–H and O–H groups in total. The monoisotopic (exact) mass is 539 g/mol. The highest BCUT2D eigenvalue weighted by Crippen LogP contribution is 2.38. The van der Waals surface area contributed by atoms with E-state index >= 15 is 0 Å². The van der Waals surface area contributed by atoms with Gasteiger partial charge < -0.3 is 15.4 Å². The van der Waals surface area contributed by atoms with Crippen molar-refractivity contribution in [1.29, 1.82) is 0 Å². The third-order valence-electron chi connectivity index (χ3n) is 5.85. The normalized spacial score (nSPS) is 13.0. The van der Waals surface area contributed by atoms with Gasteiger partial charge in [-0.05, 0) is 84.9 Å². The first kappa shape index (κ1) is 25.7. The lowest BCUT2D eigenvalue weighted by atomic mass is 10.2. The topological polar surface area (TPSA) is 87.7 Å². The van der Waals surface area contributed by atoms with Gasteiger partial charge in [-0.1, -0.05) is 30.0 Å². The second-order valence-electron chi connectivity index (χ2n) is 8.43. The van der Waals surface area contributed by atoms with E-state index < -0.39 is 17.6 Å². The second-order valence-corrected chi connectivity index (χ2v) is 9.51. The number of para-hydroxylation sites is 1. The minimum Gasteiger partial charge on any atom is -0.497 e. The van der Waals surface area contributed by atoms with E-state index in [0.29, 0.717) is 33.3 Å². The van der Waals surface area contributed by atoms with Crippen LogP contribution < -0.4 is 20.3 Å². The van der Waals surface area contributed by atoms with Crippen molar-refractivity contribution in [3.8, 4) is 5.75 Å². The standard InChI is InChI=1S/C30H22FN3O4S/c1-38-24-15-11-21(12-16-24)32-26-27(30(37)34(29(26)36)23-5-3-2-4-6-23)39-25-17-13-22(14-18-25)33-28(35)19-7-9-20(31)10-8-19/h2-18,32H,1H3,(H,33,35). The van der Waals surface area contributed by atoms with Gasteiger partial charge in [0.25, 0.3) is 17.7 Å². The van der Waals surface area contributed by atoms with E-state index in [-0.39, 0.29) is 16.5 Å². The number of imide groups is 1. The predicted molar refractivity (Wildman–Crippen MR) is 149 cm³/mol. The summed E-state index contributed by atoms with van der Waals surface area (Å²) >= 11 is 1.15. The molecule has 0 bridgehead atoms. The highest BCUT2D eigenvalue weighted by molar-refractivity contribution is 8.04. The molecule has 9 heteroatoms. The van der Waals surface area contributed by atoms with Crippen LogP contribution in [0, 0.1) is 5.82 Å². The molecule has 5 rings (SSSR count). The zero-order valence-corrected chi connectivity index (χ0v) is 21.5. The van der Waals surface area contributed by atoms with Crippen LogP contribution in [0.15, 0.2) is 119 Å². The van der Waals surface area contributed by atoms with Crippen molar-refractivity contribution in [3.63, 3.8) is 0 Å². The summed E-state index contributed by atoms with van der Waals surface area (Å²) in [6.07, 6.45) is 0. The van der Waals surface area contributed by atoms with Crippen LogP contribution in [-0.4, -0.2) is 24.8 Å². The number of hydrogen-bond donors (Lipinski definition) is 2. The van der Waals surface area contributed by atoms with Gasteiger partial charge in [-0.15, -0.1) is 0 Å². The van der Waals surface area contributed by atoms with E-state index in [0.717, 1.165) is 16.7 Å². The maximum absolute atomic E-state index is 13.5. The summed E-state index contributed by atoms with van der Waals surface area (Å²) in [5.74, 6) is -1.04. The molecule has 0 saturated heterocycles. The van der Waals surface area contributed by atoms with Gasteiger partial charge in [0.05, 0.1) is 12.8 Å². The van der Waals surface area contributed by atoms with Crippen LogP contribution in [0.3, 0.4) is 0 Å². The molecule has 0 aromatic heterocycles. The number of rotatable bonds is 8. The van der Waals surface area contributed by atoms with Gasteiger partial charge in [-0.2, -0.15) is 0 Å². The SMILES string of the molecule is COc1ccc(NC2=C(Sc3ccc(NC(=O)c4ccc(F)cc4)cc3)C(=O)N(c3ccccc3)C2=O)cc1. The first-order valence-corrected chi connectivity index (χ1v) is 12.7. The van der Waals surface area contributed by atoms with Gasteiger partial charge in [0, 0.05) is 21.8 Å². The van der Waals surface area contributed by atoms with Gasteiger partial charge in [0.1, 0.15) is 22.2 Å². The van der Waals surface area contributed by atoms with Crippen molar-refractivity contribution in [3.05, 3.63) is 125 Å². The minimum atomic E-state index is -0.465. The molecule has 0 spiro atoms. The predicted octanol–water partition coefficient (Wildman–Crippen LogP) is 6.08. The molecule has 0 fully saturated rings. The number of carbonyl (C=O) groups is 3. The summed E-state index contributed by atoms with van der Waals surface area (Å²) < 4.78 is 18.3. The van der Waals surface area contributed by atoms with Crippen LogP contribution in [0.1, 0.15) is 10.4 Å². The number of halogens is 1. The first-order chi connectivity index (χ1) is 18.9. The highest BCUT2D eigenvalue weighted by atomic mass is 32.2. The summed E-state index contributed by atoms with van der Waals surface area (Å²) in [5.41, 5.74) is 2.10. The Hall–Kier alpha value is -4.89. The fourth-order valence-electron chi connectivity index (χ4n) is 3.87. The molecular formula is C30H22FN3O4S. The van der Waals surface area contributed by atoms with Crippen LogP contribution in [0.25, 0.3) is 0 Å². The molecule has 1 heterocycles. The molecule has 4 aromatic rings. The molecular weight excluding hydrogens is 517 g/mol. The van der Waals surface area contributed by atoms with E-state index in [1.165, 1.54) is 24.3 Å². The highest BCUT2D eigenvalue weighted by Gasteiger charge is 2.40. The van der Waals surface area contributed by atoms with Gasteiger partial charge in [0.15, 0.2) is 0 Å². The molecule has 0 aliphatic carbocycles. The summed E-state index contributed by atoms with van der Waals surface area (Å²) in [7, 11) is 1.57. The number of hydrogen-bond acceptors (Lipinski definition) is 6. The fourth-order valence-corrected chi connectivity index (χ4v) is 4.80. The van der Waals surface area contributed by atoms with Crippen LogP contribution in [0.5, 0.6) is 5.75 Å². The molecule has 0 radical (unpaired) electrons. The lowest BCUT2D eigenvalue weighted by Gasteiger charge is -2.15. The summed E-state index contributed by atoms with van der Waals surface area (Å²) in [5, 5.41) is 5.87. The van der Waals surface area contributed by atoms with Gasteiger partial charge >= 0.3 is 0 Å². The maximum Gasteiger partial charge on any atom is 0.283 e. The minimum absolute atomic E-state index is 0.160. The van der Waals surface area contributed by atoms with Crippen LogP contribution in [-0.2, 0) is 9.59 Å². The number of nitrogens with zero attached hydrogens (tertiary/aromatic N) is 1. The Kier molecular flexibility index (Phi) is 7.42. The zero-order valence-electron chi connectivity index (χ0n) is 20.7. The van der Waals surface area contributed by atoms with Crippen LogP contribution >= 0.6 is 11.8 Å². The molecule has 39 heavy (non-hydrogen) atoms. The van der Waals surface area contributed by atoms with E-state index in [1.54, 1.807) is 79.9 Å². The van der Waals surface area contributed by atoms with E-state index in [1.807, 2.05) is 6.07 Å². The van der Waals surface area contributed by atoms with E-state index in [4.69, 9.17) is 4.74 Å². The van der Waals surface area contributed by atoms with Crippen LogP contribution in [0.4, 0.5) is 21.5 Å². The Balaban J connectivity index is 1.39. The molecule has 4 aromatic carbocycles. The van der Waals surface area contributed by atoms with Crippen LogP contribution in [0.2, 0.25) is 0 Å². The Morgan fingerprint density at radius 3 is 2.08 bits per heavy atom. The molecule has 1 aliphatic heterocycles. The molecule has 3 amide bonds. The quantitative estimate of drug-likeness (QED) is 0.264. The molecule has 1 aliphatic rings.